The molecule has 2 N–H and O–H groups in total. The van der Waals surface area contributed by atoms with E-state index in [0.29, 0.717) is 41.7 Å². The summed E-state index contributed by atoms with van der Waals surface area (Å²) in [6.45, 7) is 4.30. The van der Waals surface area contributed by atoms with Crippen LogP contribution in [0.1, 0.15) is 18.4 Å². The highest BCUT2D eigenvalue weighted by atomic mass is 19.1. The third kappa shape index (κ3) is 2.15. The Labute approximate surface area is 130 Å². The van der Waals surface area contributed by atoms with Crippen molar-refractivity contribution in [3.05, 3.63) is 29.6 Å². The van der Waals surface area contributed by atoms with Crippen molar-refractivity contribution in [2.75, 3.05) is 25.0 Å². The van der Waals surface area contributed by atoms with Gasteiger partial charge in [0, 0.05) is 23.3 Å². The van der Waals surface area contributed by atoms with E-state index in [9.17, 15) is 9.18 Å². The number of rotatable bonds is 3. The van der Waals surface area contributed by atoms with Crippen molar-refractivity contribution in [1.29, 1.82) is 0 Å². The van der Waals surface area contributed by atoms with E-state index >= 15 is 0 Å². The summed E-state index contributed by atoms with van der Waals surface area (Å²) >= 11 is 0. The van der Waals surface area contributed by atoms with Gasteiger partial charge in [0.1, 0.15) is 5.82 Å². The van der Waals surface area contributed by atoms with E-state index in [1.54, 1.807) is 19.1 Å². The number of amides is 1. The van der Waals surface area contributed by atoms with Gasteiger partial charge in [-0.3, -0.25) is 9.69 Å². The molecule has 3 aliphatic heterocycles. The maximum atomic E-state index is 13.6. The Bertz CT molecular complexity index is 588. The predicted molar refractivity (Wildman–Crippen MR) is 83.1 cm³/mol. The molecule has 0 saturated carbocycles. The van der Waals surface area contributed by atoms with E-state index < -0.39 is 0 Å². The summed E-state index contributed by atoms with van der Waals surface area (Å²) in [5.74, 6) is 1.11. The molecule has 5 heteroatoms. The minimum Gasteiger partial charge on any atom is -0.325 e. The van der Waals surface area contributed by atoms with Gasteiger partial charge in [0.15, 0.2) is 0 Å². The van der Waals surface area contributed by atoms with Gasteiger partial charge in [-0.2, -0.15) is 0 Å². The highest BCUT2D eigenvalue weighted by molar-refractivity contribution is 5.93. The molecule has 4 rings (SSSR count). The first kappa shape index (κ1) is 14.2. The fourth-order valence-electron chi connectivity index (χ4n) is 4.73. The molecule has 3 fully saturated rings. The third-order valence-corrected chi connectivity index (χ3v) is 5.78. The maximum Gasteiger partial charge on any atom is 0.238 e. The van der Waals surface area contributed by atoms with Gasteiger partial charge in [0.2, 0.25) is 5.91 Å². The van der Waals surface area contributed by atoms with Crippen LogP contribution in [0.3, 0.4) is 0 Å². The van der Waals surface area contributed by atoms with Gasteiger partial charge in [-0.15, -0.1) is 0 Å². The average Bonchev–Trinajstić information content (AvgIpc) is 3.16. The zero-order valence-electron chi connectivity index (χ0n) is 12.8. The van der Waals surface area contributed by atoms with Crippen LogP contribution in [-0.2, 0) is 4.79 Å². The Morgan fingerprint density at radius 1 is 1.32 bits per heavy atom. The van der Waals surface area contributed by atoms with Gasteiger partial charge in [0.05, 0.1) is 6.54 Å². The van der Waals surface area contributed by atoms with Crippen molar-refractivity contribution in [3.8, 4) is 0 Å². The smallest absolute Gasteiger partial charge is 0.238 e. The Balaban J connectivity index is 1.44. The van der Waals surface area contributed by atoms with Crippen LogP contribution in [0, 0.1) is 24.6 Å². The molecule has 2 bridgehead atoms. The van der Waals surface area contributed by atoms with Gasteiger partial charge < -0.3 is 10.6 Å². The molecule has 0 unspecified atom stereocenters. The summed E-state index contributed by atoms with van der Waals surface area (Å²) in [4.78, 5) is 14.8. The van der Waals surface area contributed by atoms with Gasteiger partial charge in [-0.1, -0.05) is 6.07 Å². The van der Waals surface area contributed by atoms with Crippen LogP contribution in [0.2, 0.25) is 0 Å². The molecule has 4 atom stereocenters. The summed E-state index contributed by atoms with van der Waals surface area (Å²) < 4.78 is 13.6. The lowest BCUT2D eigenvalue weighted by Crippen LogP contribution is -2.40. The van der Waals surface area contributed by atoms with E-state index in [1.165, 1.54) is 18.9 Å². The standard InChI is InChI=1S/C17H22FN3O/c1-10-13(18)3-2-4-14(10)20-17(22)9-21-15-5-6-16(21)12-8-19-7-11(12)15/h2-4,11-12,15-16,19H,5-9H2,1H3,(H,20,22)/t11-,12+,15-,16+. The summed E-state index contributed by atoms with van der Waals surface area (Å²) in [5, 5.41) is 6.36. The molecule has 3 saturated heterocycles. The van der Waals surface area contributed by atoms with Gasteiger partial charge in [-0.25, -0.2) is 4.39 Å². The number of anilines is 1. The lowest BCUT2D eigenvalue weighted by atomic mass is 9.82. The maximum absolute atomic E-state index is 13.6. The van der Waals surface area contributed by atoms with Crippen LogP contribution in [-0.4, -0.2) is 42.5 Å². The molecular weight excluding hydrogens is 281 g/mol. The Morgan fingerprint density at radius 3 is 2.68 bits per heavy atom. The lowest BCUT2D eigenvalue weighted by molar-refractivity contribution is -0.117. The quantitative estimate of drug-likeness (QED) is 0.894. The fourth-order valence-corrected chi connectivity index (χ4v) is 4.73. The molecule has 0 aliphatic carbocycles. The molecule has 1 aromatic carbocycles. The number of carbonyl (C=O) groups is 1. The van der Waals surface area contributed by atoms with Crippen molar-refractivity contribution in [3.63, 3.8) is 0 Å². The molecule has 118 valence electrons. The fraction of sp³-hybridized carbons (Fsp3) is 0.588. The van der Waals surface area contributed by atoms with E-state index in [1.807, 2.05) is 0 Å². The van der Waals surface area contributed by atoms with E-state index in [-0.39, 0.29) is 11.7 Å². The minimum absolute atomic E-state index is 0.0291. The van der Waals surface area contributed by atoms with Crippen LogP contribution in [0.15, 0.2) is 18.2 Å². The van der Waals surface area contributed by atoms with Crippen molar-refractivity contribution in [2.45, 2.75) is 31.8 Å². The zero-order chi connectivity index (χ0) is 15.3. The minimum atomic E-state index is -0.278. The number of nitrogens with zero attached hydrogens (tertiary/aromatic N) is 1. The second-order valence-corrected chi connectivity index (χ2v) is 6.83. The predicted octanol–water partition coefficient (Wildman–Crippen LogP) is 1.75. The Hall–Kier alpha value is -1.46. The molecule has 0 spiro atoms. The number of hydrogen-bond acceptors (Lipinski definition) is 3. The van der Waals surface area contributed by atoms with Crippen molar-refractivity contribution < 1.29 is 9.18 Å². The SMILES string of the molecule is Cc1c(F)cccc1NC(=O)CN1[C@@H]2CC[C@H]1[C@H]1CNC[C@H]12. The van der Waals surface area contributed by atoms with Crippen molar-refractivity contribution in [1.82, 2.24) is 10.2 Å². The summed E-state index contributed by atoms with van der Waals surface area (Å²) in [6, 6.07) is 5.90. The van der Waals surface area contributed by atoms with Crippen molar-refractivity contribution >= 4 is 11.6 Å². The number of halogens is 1. The van der Waals surface area contributed by atoms with Crippen LogP contribution in [0.25, 0.3) is 0 Å². The number of benzene rings is 1. The van der Waals surface area contributed by atoms with Crippen LogP contribution in [0.5, 0.6) is 0 Å². The molecule has 4 nitrogen and oxygen atoms in total. The summed E-state index contributed by atoms with van der Waals surface area (Å²) in [7, 11) is 0. The Kier molecular flexibility index (Phi) is 3.42. The summed E-state index contributed by atoms with van der Waals surface area (Å²) in [6.07, 6.45) is 2.42. The van der Waals surface area contributed by atoms with Crippen LogP contribution < -0.4 is 10.6 Å². The molecule has 0 radical (unpaired) electrons. The second kappa shape index (κ2) is 5.32. The monoisotopic (exact) mass is 303 g/mol. The first-order valence-corrected chi connectivity index (χ1v) is 8.16. The Morgan fingerprint density at radius 2 is 2.00 bits per heavy atom. The molecule has 1 amide bonds. The first-order valence-electron chi connectivity index (χ1n) is 8.16. The molecule has 0 aromatic heterocycles. The molecule has 22 heavy (non-hydrogen) atoms. The second-order valence-electron chi connectivity index (χ2n) is 6.83. The first-order chi connectivity index (χ1) is 10.6. The highest BCUT2D eigenvalue weighted by Gasteiger charge is 2.54. The van der Waals surface area contributed by atoms with E-state index in [0.717, 1.165) is 13.1 Å². The van der Waals surface area contributed by atoms with Gasteiger partial charge >= 0.3 is 0 Å². The van der Waals surface area contributed by atoms with Crippen LogP contribution >= 0.6 is 0 Å². The number of carbonyl (C=O) groups excluding carboxylic acids is 1. The van der Waals surface area contributed by atoms with Crippen molar-refractivity contribution in [2.24, 2.45) is 11.8 Å². The number of hydrogen-bond donors (Lipinski definition) is 2. The molecule has 1 aromatic rings. The van der Waals surface area contributed by atoms with E-state index in [4.69, 9.17) is 0 Å². The lowest BCUT2D eigenvalue weighted by Gasteiger charge is -2.23. The third-order valence-electron chi connectivity index (χ3n) is 5.78. The highest BCUT2D eigenvalue weighted by Crippen LogP contribution is 2.46. The summed E-state index contributed by atoms with van der Waals surface area (Å²) in [5.41, 5.74) is 1.08. The normalized spacial score (nSPS) is 33.2. The van der Waals surface area contributed by atoms with Gasteiger partial charge in [-0.05, 0) is 56.8 Å². The number of fused-ring (bicyclic) bond motifs is 5. The topological polar surface area (TPSA) is 44.4 Å². The largest absolute Gasteiger partial charge is 0.325 e. The molecule has 3 aliphatic rings. The van der Waals surface area contributed by atoms with Crippen LogP contribution in [0.4, 0.5) is 10.1 Å². The zero-order valence-corrected chi connectivity index (χ0v) is 12.8. The molecular formula is C17H22FN3O. The number of nitrogens with one attached hydrogen (secondary N) is 2. The van der Waals surface area contributed by atoms with Gasteiger partial charge in [0.25, 0.3) is 0 Å². The average molecular weight is 303 g/mol. The molecule has 3 heterocycles. The van der Waals surface area contributed by atoms with E-state index in [2.05, 4.69) is 15.5 Å².